The standard InChI is InChI=1S/C24H17ClF4N6O2/c1-30-22-32-10-8-18(34-22)15-3-2-9-31-21(15)37-20-7-5-14(12-16(20)25)33-23(36)35-19-11-13(24(27,28)29)4-6-17(19)26/h2-12H,1H3,(H,30,32,34)(H2,33,35,36). The Morgan fingerprint density at radius 2 is 1.81 bits per heavy atom. The summed E-state index contributed by atoms with van der Waals surface area (Å²) in [6, 6.07) is 10.1. The zero-order chi connectivity index (χ0) is 26.6. The summed E-state index contributed by atoms with van der Waals surface area (Å²) in [6.07, 6.45) is -1.59. The van der Waals surface area contributed by atoms with E-state index in [0.29, 0.717) is 35.4 Å². The van der Waals surface area contributed by atoms with Crippen LogP contribution < -0.4 is 20.7 Å². The van der Waals surface area contributed by atoms with Crippen LogP contribution in [0.15, 0.2) is 67.0 Å². The summed E-state index contributed by atoms with van der Waals surface area (Å²) in [5.74, 6) is -0.200. The van der Waals surface area contributed by atoms with Crippen molar-refractivity contribution in [1.82, 2.24) is 15.0 Å². The van der Waals surface area contributed by atoms with Gasteiger partial charge in [-0.05, 0) is 54.6 Å². The van der Waals surface area contributed by atoms with Crippen LogP contribution in [-0.4, -0.2) is 28.0 Å². The van der Waals surface area contributed by atoms with E-state index in [-0.39, 0.29) is 22.3 Å². The number of urea groups is 1. The topological polar surface area (TPSA) is 101 Å². The lowest BCUT2D eigenvalue weighted by molar-refractivity contribution is -0.137. The fraction of sp³-hybridized carbons (Fsp3) is 0.0833. The molecule has 190 valence electrons. The first-order chi connectivity index (χ1) is 17.6. The number of carbonyl (C=O) groups excluding carboxylic acids is 1. The minimum absolute atomic E-state index is 0.0956. The number of ether oxygens (including phenoxy) is 1. The Bertz CT molecular complexity index is 1450. The first kappa shape index (κ1) is 25.6. The molecule has 4 aromatic rings. The predicted octanol–water partition coefficient (Wildman–Crippen LogP) is 6.83. The second-order valence-electron chi connectivity index (χ2n) is 7.39. The Hall–Kier alpha value is -4.45. The van der Waals surface area contributed by atoms with Gasteiger partial charge in [0.1, 0.15) is 11.6 Å². The van der Waals surface area contributed by atoms with Gasteiger partial charge in [-0.3, -0.25) is 0 Å². The smallest absolute Gasteiger partial charge is 0.416 e. The normalized spacial score (nSPS) is 11.1. The van der Waals surface area contributed by atoms with Crippen molar-refractivity contribution in [3.63, 3.8) is 0 Å². The molecule has 0 atom stereocenters. The summed E-state index contributed by atoms with van der Waals surface area (Å²) < 4.78 is 58.5. The lowest BCUT2D eigenvalue weighted by atomic mass is 10.2. The first-order valence-electron chi connectivity index (χ1n) is 10.5. The summed E-state index contributed by atoms with van der Waals surface area (Å²) in [4.78, 5) is 25.0. The molecule has 0 aliphatic heterocycles. The van der Waals surface area contributed by atoms with E-state index in [1.54, 1.807) is 31.4 Å². The van der Waals surface area contributed by atoms with Crippen LogP contribution in [0, 0.1) is 5.82 Å². The molecule has 0 fully saturated rings. The number of amides is 2. The summed E-state index contributed by atoms with van der Waals surface area (Å²) in [7, 11) is 1.69. The van der Waals surface area contributed by atoms with Gasteiger partial charge in [-0.1, -0.05) is 11.6 Å². The van der Waals surface area contributed by atoms with Crippen LogP contribution in [0.1, 0.15) is 5.56 Å². The molecule has 0 spiro atoms. The van der Waals surface area contributed by atoms with Crippen molar-refractivity contribution in [1.29, 1.82) is 0 Å². The molecule has 2 amide bonds. The highest BCUT2D eigenvalue weighted by molar-refractivity contribution is 6.32. The van der Waals surface area contributed by atoms with Crippen LogP contribution in [0.2, 0.25) is 5.02 Å². The molecule has 0 aliphatic carbocycles. The van der Waals surface area contributed by atoms with E-state index in [4.69, 9.17) is 16.3 Å². The molecule has 2 aromatic heterocycles. The minimum Gasteiger partial charge on any atom is -0.437 e. The van der Waals surface area contributed by atoms with Crippen molar-refractivity contribution >= 4 is 35.0 Å². The molecule has 37 heavy (non-hydrogen) atoms. The molecule has 2 heterocycles. The maximum absolute atomic E-state index is 13.9. The van der Waals surface area contributed by atoms with Gasteiger partial charge in [-0.25, -0.2) is 24.1 Å². The highest BCUT2D eigenvalue weighted by Crippen LogP contribution is 2.35. The van der Waals surface area contributed by atoms with Crippen molar-refractivity contribution in [2.45, 2.75) is 6.18 Å². The van der Waals surface area contributed by atoms with Gasteiger partial charge in [0.05, 0.1) is 27.5 Å². The Morgan fingerprint density at radius 3 is 2.54 bits per heavy atom. The number of anilines is 3. The second-order valence-corrected chi connectivity index (χ2v) is 7.80. The van der Waals surface area contributed by atoms with E-state index in [0.717, 1.165) is 0 Å². The molecule has 4 rings (SSSR count). The van der Waals surface area contributed by atoms with Gasteiger partial charge >= 0.3 is 12.2 Å². The van der Waals surface area contributed by atoms with Gasteiger partial charge in [0.2, 0.25) is 11.8 Å². The number of benzene rings is 2. The third kappa shape index (κ3) is 6.22. The summed E-state index contributed by atoms with van der Waals surface area (Å²) in [5.41, 5.74) is -0.436. The zero-order valence-corrected chi connectivity index (χ0v) is 19.7. The zero-order valence-electron chi connectivity index (χ0n) is 18.9. The largest absolute Gasteiger partial charge is 0.437 e. The average molecular weight is 533 g/mol. The molecule has 8 nitrogen and oxygen atoms in total. The SMILES string of the molecule is CNc1nccc(-c2cccnc2Oc2ccc(NC(=O)Nc3cc(C(F)(F)F)ccc3F)cc2Cl)n1. The van der Waals surface area contributed by atoms with E-state index in [1.165, 1.54) is 24.4 Å². The number of hydrogen-bond donors (Lipinski definition) is 3. The van der Waals surface area contributed by atoms with E-state index < -0.39 is 29.3 Å². The predicted molar refractivity (Wildman–Crippen MR) is 130 cm³/mol. The number of carbonyl (C=O) groups is 1. The van der Waals surface area contributed by atoms with Gasteiger partial charge in [-0.2, -0.15) is 13.2 Å². The minimum atomic E-state index is -4.69. The third-order valence-electron chi connectivity index (χ3n) is 4.86. The highest BCUT2D eigenvalue weighted by Gasteiger charge is 2.31. The van der Waals surface area contributed by atoms with Crippen molar-refractivity contribution in [3.8, 4) is 22.9 Å². The molecular formula is C24H17ClF4N6O2. The maximum Gasteiger partial charge on any atom is 0.416 e. The number of nitrogens with zero attached hydrogens (tertiary/aromatic N) is 3. The second kappa shape index (κ2) is 10.7. The first-order valence-corrected chi connectivity index (χ1v) is 10.9. The number of halogens is 5. The van der Waals surface area contributed by atoms with Crippen molar-refractivity contribution in [2.24, 2.45) is 0 Å². The van der Waals surface area contributed by atoms with Gasteiger partial charge in [0.25, 0.3) is 0 Å². The molecule has 2 aromatic carbocycles. The Balaban J connectivity index is 1.49. The van der Waals surface area contributed by atoms with Crippen molar-refractivity contribution in [3.05, 3.63) is 83.4 Å². The maximum atomic E-state index is 13.9. The number of alkyl halides is 3. The van der Waals surface area contributed by atoms with Crippen LogP contribution >= 0.6 is 11.6 Å². The number of rotatable bonds is 6. The van der Waals surface area contributed by atoms with E-state index >= 15 is 0 Å². The van der Waals surface area contributed by atoms with E-state index in [1.807, 2.05) is 0 Å². The van der Waals surface area contributed by atoms with E-state index in [2.05, 4.69) is 30.9 Å². The lowest BCUT2D eigenvalue weighted by Crippen LogP contribution is -2.20. The number of pyridine rings is 1. The van der Waals surface area contributed by atoms with Crippen molar-refractivity contribution < 1.29 is 27.1 Å². The molecule has 0 aliphatic rings. The molecule has 0 saturated heterocycles. The number of hydrogen-bond acceptors (Lipinski definition) is 6. The van der Waals surface area contributed by atoms with Crippen LogP contribution in [0.25, 0.3) is 11.3 Å². The van der Waals surface area contributed by atoms with E-state index in [9.17, 15) is 22.4 Å². The van der Waals surface area contributed by atoms with Crippen LogP contribution in [0.5, 0.6) is 11.6 Å². The molecule has 13 heteroatoms. The highest BCUT2D eigenvalue weighted by atomic mass is 35.5. The van der Waals surface area contributed by atoms with Gasteiger partial charge in [0, 0.05) is 25.1 Å². The van der Waals surface area contributed by atoms with Crippen molar-refractivity contribution in [2.75, 3.05) is 23.0 Å². The quantitative estimate of drug-likeness (QED) is 0.235. The molecular weight excluding hydrogens is 516 g/mol. The summed E-state index contributed by atoms with van der Waals surface area (Å²) in [5, 5.41) is 7.38. The summed E-state index contributed by atoms with van der Waals surface area (Å²) in [6.45, 7) is 0. The Morgan fingerprint density at radius 1 is 1.00 bits per heavy atom. The van der Waals surface area contributed by atoms with Crippen LogP contribution in [0.4, 0.5) is 39.7 Å². The summed E-state index contributed by atoms with van der Waals surface area (Å²) >= 11 is 6.32. The van der Waals surface area contributed by atoms with Crippen LogP contribution in [0.3, 0.4) is 0 Å². The lowest BCUT2D eigenvalue weighted by Gasteiger charge is -2.13. The average Bonchev–Trinajstić information content (AvgIpc) is 2.86. The van der Waals surface area contributed by atoms with Crippen LogP contribution in [-0.2, 0) is 6.18 Å². The molecule has 0 radical (unpaired) electrons. The number of nitrogens with one attached hydrogen (secondary N) is 3. The number of aromatic nitrogens is 3. The molecule has 0 unspecified atom stereocenters. The Labute approximate surface area is 212 Å². The van der Waals surface area contributed by atoms with Gasteiger partial charge in [0.15, 0.2) is 0 Å². The van der Waals surface area contributed by atoms with Gasteiger partial charge < -0.3 is 20.7 Å². The molecule has 0 bridgehead atoms. The molecule has 3 N–H and O–H groups in total. The fourth-order valence-electron chi connectivity index (χ4n) is 3.14. The van der Waals surface area contributed by atoms with Gasteiger partial charge in [-0.15, -0.1) is 0 Å². The Kier molecular flexibility index (Phi) is 7.39. The third-order valence-corrected chi connectivity index (χ3v) is 5.16. The fourth-order valence-corrected chi connectivity index (χ4v) is 3.36. The monoisotopic (exact) mass is 532 g/mol. The molecule has 0 saturated carbocycles.